The zero-order valence-corrected chi connectivity index (χ0v) is 15.6. The van der Waals surface area contributed by atoms with Crippen molar-refractivity contribution in [3.63, 3.8) is 0 Å². The minimum atomic E-state index is -0.0549. The van der Waals surface area contributed by atoms with Crippen molar-refractivity contribution in [2.75, 3.05) is 26.2 Å². The summed E-state index contributed by atoms with van der Waals surface area (Å²) in [6.45, 7) is 5.05. The van der Waals surface area contributed by atoms with Crippen LogP contribution in [0.2, 0.25) is 0 Å². The molecule has 146 valence electrons. The normalized spacial score (nSPS) is 20.2. The Morgan fingerprint density at radius 2 is 2.04 bits per heavy atom. The smallest absolute Gasteiger partial charge is 0.237 e. The van der Waals surface area contributed by atoms with E-state index in [2.05, 4.69) is 15.2 Å². The lowest BCUT2D eigenvalue weighted by molar-refractivity contribution is -0.126. The second kappa shape index (κ2) is 12.1. The molecule has 0 bridgehead atoms. The number of rotatable bonds is 12. The second-order valence-electron chi connectivity index (χ2n) is 7.06. The maximum Gasteiger partial charge on any atom is 0.237 e. The molecule has 0 aromatic heterocycles. The van der Waals surface area contributed by atoms with Gasteiger partial charge in [0.15, 0.2) is 5.96 Å². The van der Waals surface area contributed by atoms with Crippen LogP contribution in [-0.4, -0.2) is 61.1 Å². The van der Waals surface area contributed by atoms with Gasteiger partial charge in [-0.15, -0.1) is 0 Å². The zero-order chi connectivity index (χ0) is 18.7. The Hall–Kier alpha value is -1.38. The van der Waals surface area contributed by atoms with E-state index in [1.807, 2.05) is 6.92 Å². The average Bonchev–Trinajstić information content (AvgIpc) is 2.99. The minimum absolute atomic E-state index is 0.0549. The molecule has 0 aliphatic carbocycles. The summed E-state index contributed by atoms with van der Waals surface area (Å²) in [4.78, 5) is 18.8. The van der Waals surface area contributed by atoms with E-state index >= 15 is 0 Å². The van der Waals surface area contributed by atoms with Crippen LogP contribution in [0.25, 0.3) is 0 Å². The van der Waals surface area contributed by atoms with Crippen molar-refractivity contribution in [1.29, 1.82) is 0 Å². The molecule has 1 aliphatic heterocycles. The first kappa shape index (κ1) is 21.7. The highest BCUT2D eigenvalue weighted by Gasteiger charge is 2.31. The molecule has 9 N–H and O–H groups in total. The van der Waals surface area contributed by atoms with Crippen molar-refractivity contribution < 1.29 is 4.79 Å². The van der Waals surface area contributed by atoms with Crippen molar-refractivity contribution in [3.05, 3.63) is 0 Å². The molecule has 1 unspecified atom stereocenters. The van der Waals surface area contributed by atoms with Gasteiger partial charge in [0.05, 0.1) is 6.04 Å². The number of likely N-dealkylation sites (tertiary alicyclic amines) is 1. The maximum atomic E-state index is 12.6. The van der Waals surface area contributed by atoms with Crippen LogP contribution in [0, 0.1) is 0 Å². The highest BCUT2D eigenvalue weighted by molar-refractivity contribution is 5.82. The van der Waals surface area contributed by atoms with Gasteiger partial charge in [0.1, 0.15) is 0 Å². The topological polar surface area (TPSA) is 149 Å². The van der Waals surface area contributed by atoms with E-state index in [9.17, 15) is 4.79 Å². The van der Waals surface area contributed by atoms with Gasteiger partial charge in [-0.2, -0.15) is 0 Å². The molecule has 8 nitrogen and oxygen atoms in total. The fraction of sp³-hybridized carbons (Fsp3) is 0.882. The third kappa shape index (κ3) is 9.04. The van der Waals surface area contributed by atoms with Crippen LogP contribution < -0.4 is 28.3 Å². The summed E-state index contributed by atoms with van der Waals surface area (Å²) in [5.41, 5.74) is 22.3. The number of unbranched alkanes of at least 4 members (excludes halogenated alkanes) is 1. The summed E-state index contributed by atoms with van der Waals surface area (Å²) in [6.07, 6.45) is 6.68. The Kier molecular flexibility index (Phi) is 10.4. The standard InChI is InChI=1S/C17H37N7O/c1-13(6-4-10-22-17(20)21)23-16(25)15-8-5-11-24(15)12-14(19)7-2-3-9-18/h13-15H,2-12,18-19H2,1H3,(H,23,25)(H4,20,21,22)/t13-,14+,15?/m1/s1. The van der Waals surface area contributed by atoms with Crippen LogP contribution in [0.5, 0.6) is 0 Å². The molecular weight excluding hydrogens is 318 g/mol. The molecule has 8 heteroatoms. The molecule has 1 fully saturated rings. The monoisotopic (exact) mass is 355 g/mol. The summed E-state index contributed by atoms with van der Waals surface area (Å²) >= 11 is 0. The molecule has 1 heterocycles. The van der Waals surface area contributed by atoms with E-state index in [1.165, 1.54) is 0 Å². The molecule has 25 heavy (non-hydrogen) atoms. The fourth-order valence-electron chi connectivity index (χ4n) is 3.30. The number of amides is 1. The van der Waals surface area contributed by atoms with E-state index in [-0.39, 0.29) is 30.0 Å². The Labute approximate surface area is 151 Å². The molecule has 1 rings (SSSR count). The van der Waals surface area contributed by atoms with Crippen molar-refractivity contribution in [1.82, 2.24) is 10.2 Å². The Balaban J connectivity index is 2.33. The van der Waals surface area contributed by atoms with Crippen LogP contribution in [0.3, 0.4) is 0 Å². The Morgan fingerprint density at radius 3 is 2.72 bits per heavy atom. The number of guanidine groups is 1. The lowest BCUT2D eigenvalue weighted by atomic mass is 10.1. The van der Waals surface area contributed by atoms with Gasteiger partial charge in [-0.05, 0) is 58.5 Å². The molecule has 3 atom stereocenters. The molecule has 0 aromatic carbocycles. The van der Waals surface area contributed by atoms with Gasteiger partial charge in [0, 0.05) is 25.2 Å². The van der Waals surface area contributed by atoms with Crippen LogP contribution in [0.1, 0.15) is 51.9 Å². The van der Waals surface area contributed by atoms with Crippen molar-refractivity contribution >= 4 is 11.9 Å². The molecular formula is C17H37N7O. The number of carbonyl (C=O) groups excluding carboxylic acids is 1. The van der Waals surface area contributed by atoms with E-state index in [1.54, 1.807) is 0 Å². The van der Waals surface area contributed by atoms with Crippen molar-refractivity contribution in [2.45, 2.75) is 70.0 Å². The summed E-state index contributed by atoms with van der Waals surface area (Å²) < 4.78 is 0. The number of hydrogen-bond acceptors (Lipinski definition) is 5. The van der Waals surface area contributed by atoms with Gasteiger partial charge in [0.2, 0.25) is 5.91 Å². The zero-order valence-electron chi connectivity index (χ0n) is 15.6. The molecule has 0 spiro atoms. The van der Waals surface area contributed by atoms with Crippen molar-refractivity contribution in [3.8, 4) is 0 Å². The second-order valence-corrected chi connectivity index (χ2v) is 7.06. The number of aliphatic imine (C=N–C) groups is 1. The number of nitrogens with one attached hydrogen (secondary N) is 1. The molecule has 1 aliphatic rings. The summed E-state index contributed by atoms with van der Waals surface area (Å²) in [7, 11) is 0. The Morgan fingerprint density at radius 1 is 1.28 bits per heavy atom. The first-order valence-electron chi connectivity index (χ1n) is 9.49. The van der Waals surface area contributed by atoms with E-state index < -0.39 is 0 Å². The highest BCUT2D eigenvalue weighted by Crippen LogP contribution is 2.18. The number of nitrogens with two attached hydrogens (primary N) is 4. The SMILES string of the molecule is C[C@H](CCCN=C(N)N)NC(=O)C1CCCN1C[C@@H](N)CCCCN. The van der Waals surface area contributed by atoms with Gasteiger partial charge in [0.25, 0.3) is 0 Å². The van der Waals surface area contributed by atoms with E-state index in [0.29, 0.717) is 13.1 Å². The van der Waals surface area contributed by atoms with Gasteiger partial charge in [-0.1, -0.05) is 6.42 Å². The lowest BCUT2D eigenvalue weighted by Gasteiger charge is -2.27. The van der Waals surface area contributed by atoms with Gasteiger partial charge in [-0.25, -0.2) is 0 Å². The minimum Gasteiger partial charge on any atom is -0.370 e. The van der Waals surface area contributed by atoms with Crippen LogP contribution >= 0.6 is 0 Å². The van der Waals surface area contributed by atoms with Gasteiger partial charge >= 0.3 is 0 Å². The third-order valence-corrected chi connectivity index (χ3v) is 4.64. The largest absolute Gasteiger partial charge is 0.370 e. The molecule has 0 saturated carbocycles. The van der Waals surface area contributed by atoms with Crippen molar-refractivity contribution in [2.24, 2.45) is 27.9 Å². The van der Waals surface area contributed by atoms with Crippen LogP contribution in [0.4, 0.5) is 0 Å². The number of nitrogens with zero attached hydrogens (tertiary/aromatic N) is 2. The first-order valence-corrected chi connectivity index (χ1v) is 9.49. The maximum absolute atomic E-state index is 12.6. The molecule has 0 aromatic rings. The summed E-state index contributed by atoms with van der Waals surface area (Å²) in [5.74, 6) is 0.224. The lowest BCUT2D eigenvalue weighted by Crippen LogP contribution is -2.49. The predicted molar refractivity (Wildman–Crippen MR) is 103 cm³/mol. The van der Waals surface area contributed by atoms with Gasteiger partial charge < -0.3 is 28.3 Å². The van der Waals surface area contributed by atoms with E-state index in [0.717, 1.165) is 58.0 Å². The third-order valence-electron chi connectivity index (χ3n) is 4.64. The molecule has 1 amide bonds. The van der Waals surface area contributed by atoms with Gasteiger partial charge in [-0.3, -0.25) is 14.7 Å². The highest BCUT2D eigenvalue weighted by atomic mass is 16.2. The van der Waals surface area contributed by atoms with E-state index in [4.69, 9.17) is 22.9 Å². The average molecular weight is 356 g/mol. The summed E-state index contributed by atoms with van der Waals surface area (Å²) in [5, 5.41) is 3.12. The Bertz CT molecular complexity index is 412. The van der Waals surface area contributed by atoms with Crippen LogP contribution in [0.15, 0.2) is 4.99 Å². The predicted octanol–water partition coefficient (Wildman–Crippen LogP) is -0.535. The number of hydrogen-bond donors (Lipinski definition) is 5. The summed E-state index contributed by atoms with van der Waals surface area (Å²) in [6, 6.07) is 0.167. The fourth-order valence-corrected chi connectivity index (χ4v) is 3.30. The molecule has 1 saturated heterocycles. The first-order chi connectivity index (χ1) is 11.9. The molecule has 0 radical (unpaired) electrons. The number of carbonyl (C=O) groups is 1. The quantitative estimate of drug-likeness (QED) is 0.180. The van der Waals surface area contributed by atoms with Crippen LogP contribution in [-0.2, 0) is 4.79 Å².